The van der Waals surface area contributed by atoms with Crippen molar-refractivity contribution in [3.63, 3.8) is 0 Å². The molecule has 1 aliphatic rings. The van der Waals surface area contributed by atoms with Crippen LogP contribution in [0, 0.1) is 0 Å². The summed E-state index contributed by atoms with van der Waals surface area (Å²) in [4.78, 5) is 30.9. The Bertz CT molecular complexity index is 947. The van der Waals surface area contributed by atoms with Gasteiger partial charge in [0.15, 0.2) is 5.17 Å². The van der Waals surface area contributed by atoms with Crippen molar-refractivity contribution in [1.82, 2.24) is 4.90 Å². The van der Waals surface area contributed by atoms with Gasteiger partial charge in [-0.3, -0.25) is 14.5 Å². The number of halogens is 2. The van der Waals surface area contributed by atoms with Crippen LogP contribution in [0.3, 0.4) is 0 Å². The average Bonchev–Trinajstić information content (AvgIpc) is 2.89. The van der Waals surface area contributed by atoms with Gasteiger partial charge in [-0.2, -0.15) is 0 Å². The molecule has 0 spiro atoms. The lowest BCUT2D eigenvalue weighted by Crippen LogP contribution is -2.30. The lowest BCUT2D eigenvalue weighted by Gasteiger charge is -2.10. The number of hydrogen-bond acceptors (Lipinski definition) is 5. The third-order valence-electron chi connectivity index (χ3n) is 4.01. The van der Waals surface area contributed by atoms with Gasteiger partial charge in [0.05, 0.1) is 12.3 Å². The van der Waals surface area contributed by atoms with E-state index in [1.54, 1.807) is 43.4 Å². The second kappa shape index (κ2) is 9.52. The van der Waals surface area contributed by atoms with E-state index in [0.717, 1.165) is 0 Å². The maximum atomic E-state index is 12.5. The molecule has 6 nitrogen and oxygen atoms in total. The predicted octanol–water partition coefficient (Wildman–Crippen LogP) is 4.98. The van der Waals surface area contributed by atoms with Gasteiger partial charge in [-0.15, -0.1) is 0 Å². The molecule has 1 fully saturated rings. The van der Waals surface area contributed by atoms with Crippen LogP contribution in [0.4, 0.5) is 11.4 Å². The summed E-state index contributed by atoms with van der Waals surface area (Å²) in [7, 11) is 1.63. The highest BCUT2D eigenvalue weighted by Crippen LogP contribution is 2.32. The second-order valence-corrected chi connectivity index (χ2v) is 8.28. The third-order valence-corrected chi connectivity index (χ3v) is 5.68. The Labute approximate surface area is 183 Å². The molecule has 1 heterocycles. The molecule has 9 heteroatoms. The molecule has 0 bridgehead atoms. The molecule has 0 aromatic heterocycles. The van der Waals surface area contributed by atoms with Crippen molar-refractivity contribution in [3.05, 3.63) is 52.5 Å². The number of aliphatic imine (C=N–C) groups is 1. The second-order valence-electron chi connectivity index (χ2n) is 6.24. The zero-order chi connectivity index (χ0) is 21.0. The van der Waals surface area contributed by atoms with Crippen LogP contribution < -0.4 is 10.1 Å². The van der Waals surface area contributed by atoms with Gasteiger partial charge < -0.3 is 10.1 Å². The van der Waals surface area contributed by atoms with E-state index in [1.165, 1.54) is 16.7 Å². The molecule has 1 aliphatic heterocycles. The lowest BCUT2D eigenvalue weighted by molar-refractivity contribution is -0.127. The van der Waals surface area contributed by atoms with Crippen LogP contribution in [0.1, 0.15) is 13.3 Å². The van der Waals surface area contributed by atoms with Crippen LogP contribution in [-0.4, -0.2) is 40.8 Å². The lowest BCUT2D eigenvalue weighted by atomic mass is 10.2. The van der Waals surface area contributed by atoms with Crippen molar-refractivity contribution < 1.29 is 14.3 Å². The quantitative estimate of drug-likeness (QED) is 0.671. The molecule has 1 N–H and O–H groups in total. The highest BCUT2D eigenvalue weighted by Gasteiger charge is 2.37. The van der Waals surface area contributed by atoms with Gasteiger partial charge in [-0.1, -0.05) is 41.0 Å². The van der Waals surface area contributed by atoms with Crippen molar-refractivity contribution in [2.24, 2.45) is 4.99 Å². The minimum absolute atomic E-state index is 0.0298. The molecule has 2 aromatic carbocycles. The number of benzene rings is 2. The zero-order valence-electron chi connectivity index (χ0n) is 15.8. The Morgan fingerprint density at radius 2 is 1.97 bits per heavy atom. The highest BCUT2D eigenvalue weighted by atomic mass is 35.5. The maximum absolute atomic E-state index is 12.5. The topological polar surface area (TPSA) is 71.0 Å². The number of ether oxygens (including phenoxy) is 1. The Hall–Kier alpha value is -2.22. The maximum Gasteiger partial charge on any atom is 0.242 e. The number of nitrogens with zero attached hydrogens (tertiary/aromatic N) is 2. The van der Waals surface area contributed by atoms with Gasteiger partial charge in [0.2, 0.25) is 11.8 Å². The number of rotatable bonds is 6. The van der Waals surface area contributed by atoms with E-state index in [4.69, 9.17) is 27.9 Å². The summed E-state index contributed by atoms with van der Waals surface area (Å²) in [6.45, 7) is 2.43. The van der Waals surface area contributed by atoms with Crippen LogP contribution in [-0.2, 0) is 9.59 Å². The fourth-order valence-electron chi connectivity index (χ4n) is 2.72. The Morgan fingerprint density at radius 3 is 2.66 bits per heavy atom. The zero-order valence-corrected chi connectivity index (χ0v) is 18.1. The fraction of sp³-hybridized carbons (Fsp3) is 0.250. The normalized spacial score (nSPS) is 17.7. The summed E-state index contributed by atoms with van der Waals surface area (Å²) in [6.07, 6.45) is 0.0298. The van der Waals surface area contributed by atoms with Crippen molar-refractivity contribution in [2.45, 2.75) is 18.6 Å². The van der Waals surface area contributed by atoms with Crippen LogP contribution in [0.25, 0.3) is 0 Å². The number of nitrogens with one attached hydrogen (secondary N) is 1. The minimum atomic E-state index is -0.552. The van der Waals surface area contributed by atoms with E-state index in [0.29, 0.717) is 38.9 Å². The van der Waals surface area contributed by atoms with E-state index >= 15 is 0 Å². The summed E-state index contributed by atoms with van der Waals surface area (Å²) in [5, 5.41) is 3.66. The van der Waals surface area contributed by atoms with Gasteiger partial charge in [-0.25, -0.2) is 4.99 Å². The van der Waals surface area contributed by atoms with E-state index in [2.05, 4.69) is 10.3 Å². The van der Waals surface area contributed by atoms with E-state index in [1.807, 2.05) is 13.0 Å². The molecule has 2 aromatic rings. The van der Waals surface area contributed by atoms with Crippen molar-refractivity contribution >= 4 is 63.3 Å². The molecule has 2 amide bonds. The largest absolute Gasteiger partial charge is 0.494 e. The molecule has 0 saturated carbocycles. The van der Waals surface area contributed by atoms with Gasteiger partial charge in [0.25, 0.3) is 0 Å². The van der Waals surface area contributed by atoms with Crippen LogP contribution in [0.2, 0.25) is 10.0 Å². The molecule has 1 atom stereocenters. The molecule has 0 aliphatic carbocycles. The monoisotopic (exact) mass is 451 g/mol. The highest BCUT2D eigenvalue weighted by molar-refractivity contribution is 8.15. The van der Waals surface area contributed by atoms with Gasteiger partial charge in [0.1, 0.15) is 11.0 Å². The first-order valence-corrected chi connectivity index (χ1v) is 10.5. The van der Waals surface area contributed by atoms with Gasteiger partial charge in [0, 0.05) is 35.3 Å². The fourth-order valence-corrected chi connectivity index (χ4v) is 4.39. The van der Waals surface area contributed by atoms with Crippen LogP contribution in [0.5, 0.6) is 5.75 Å². The van der Waals surface area contributed by atoms with Crippen molar-refractivity contribution in [3.8, 4) is 5.75 Å². The van der Waals surface area contributed by atoms with Crippen molar-refractivity contribution in [2.75, 3.05) is 19.0 Å². The van der Waals surface area contributed by atoms with E-state index < -0.39 is 5.25 Å². The van der Waals surface area contributed by atoms with Gasteiger partial charge in [-0.05, 0) is 37.3 Å². The SMILES string of the molecule is CCOc1cccc(NC(=O)CC2SC(=Nc3cc(Cl)cc(Cl)c3)N(C)C2=O)c1. The number of hydrogen-bond donors (Lipinski definition) is 1. The van der Waals surface area contributed by atoms with E-state index in [-0.39, 0.29) is 18.2 Å². The number of amidine groups is 1. The average molecular weight is 452 g/mol. The first-order valence-electron chi connectivity index (χ1n) is 8.87. The molecule has 1 saturated heterocycles. The number of carbonyl (C=O) groups is 2. The number of carbonyl (C=O) groups excluding carboxylic acids is 2. The molecule has 1 unspecified atom stereocenters. The Balaban J connectivity index is 1.67. The predicted molar refractivity (Wildman–Crippen MR) is 119 cm³/mol. The number of thioether (sulfide) groups is 1. The van der Waals surface area contributed by atoms with Crippen LogP contribution >= 0.6 is 35.0 Å². The molecule has 3 rings (SSSR count). The Kier molecular flexibility index (Phi) is 7.05. The molecular weight excluding hydrogens is 433 g/mol. The smallest absolute Gasteiger partial charge is 0.242 e. The summed E-state index contributed by atoms with van der Waals surface area (Å²) in [5.74, 6) is 0.232. The Morgan fingerprint density at radius 1 is 1.24 bits per heavy atom. The van der Waals surface area contributed by atoms with Crippen LogP contribution in [0.15, 0.2) is 47.5 Å². The summed E-state index contributed by atoms with van der Waals surface area (Å²) >= 11 is 13.2. The number of amides is 2. The van der Waals surface area contributed by atoms with Crippen molar-refractivity contribution in [1.29, 1.82) is 0 Å². The third kappa shape index (κ3) is 5.65. The first kappa shape index (κ1) is 21.5. The summed E-state index contributed by atoms with van der Waals surface area (Å²) < 4.78 is 5.43. The standard InChI is InChI=1S/C20H19Cl2N3O3S/c1-3-28-16-6-4-5-14(10-16)23-18(26)11-17-19(27)25(2)20(29-17)24-15-8-12(21)7-13(22)9-15/h4-10,17H,3,11H2,1-2H3,(H,23,26). The molecular formula is C20H19Cl2N3O3S. The van der Waals surface area contributed by atoms with E-state index in [9.17, 15) is 9.59 Å². The molecule has 152 valence electrons. The minimum Gasteiger partial charge on any atom is -0.494 e. The first-order chi connectivity index (χ1) is 13.9. The molecule has 29 heavy (non-hydrogen) atoms. The van der Waals surface area contributed by atoms with Gasteiger partial charge >= 0.3 is 0 Å². The summed E-state index contributed by atoms with van der Waals surface area (Å²) in [5.41, 5.74) is 1.16. The summed E-state index contributed by atoms with van der Waals surface area (Å²) in [6, 6.07) is 12.0. The number of anilines is 1. The molecule has 0 radical (unpaired) electrons.